The van der Waals surface area contributed by atoms with Crippen molar-refractivity contribution in [2.75, 3.05) is 20.1 Å². The van der Waals surface area contributed by atoms with E-state index in [4.69, 9.17) is 17.2 Å². The molecule has 0 bridgehead atoms. The molecule has 1 saturated heterocycles. The van der Waals surface area contributed by atoms with Crippen molar-refractivity contribution >= 4 is 5.84 Å². The van der Waals surface area contributed by atoms with Crippen LogP contribution in [0.3, 0.4) is 0 Å². The molecule has 1 fully saturated rings. The van der Waals surface area contributed by atoms with Crippen molar-refractivity contribution in [2.24, 2.45) is 22.2 Å². The first-order valence-electron chi connectivity index (χ1n) is 5.34. The van der Waals surface area contributed by atoms with Gasteiger partial charge in [-0.05, 0) is 19.3 Å². The smallest absolute Gasteiger partial charge is 0.148 e. The van der Waals surface area contributed by atoms with E-state index in [-0.39, 0.29) is 0 Å². The Balaban J connectivity index is 2.69. The van der Waals surface area contributed by atoms with Gasteiger partial charge < -0.3 is 22.1 Å². The van der Waals surface area contributed by atoms with Crippen LogP contribution in [0, 0.1) is 0 Å². The minimum Gasteiger partial charge on any atom is -0.403 e. The summed E-state index contributed by atoms with van der Waals surface area (Å²) in [4.78, 5) is 6.34. The highest BCUT2D eigenvalue weighted by molar-refractivity contribution is 5.97. The molecule has 0 radical (unpaired) electrons. The van der Waals surface area contributed by atoms with Crippen LogP contribution in [0.5, 0.6) is 0 Å². The van der Waals surface area contributed by atoms with Crippen molar-refractivity contribution < 1.29 is 0 Å². The van der Waals surface area contributed by atoms with Crippen LogP contribution in [0.25, 0.3) is 0 Å². The number of likely N-dealkylation sites (tertiary alicyclic amines) is 1. The van der Waals surface area contributed by atoms with Gasteiger partial charge in [0.05, 0.1) is 5.70 Å². The number of amidine groups is 1. The van der Waals surface area contributed by atoms with E-state index in [0.29, 0.717) is 11.7 Å². The maximum absolute atomic E-state index is 5.91. The largest absolute Gasteiger partial charge is 0.403 e. The summed E-state index contributed by atoms with van der Waals surface area (Å²) in [6.45, 7) is 1.86. The normalized spacial score (nSPS) is 25.2. The number of nitrogens with zero attached hydrogens (tertiary/aromatic N) is 2. The fourth-order valence-electron chi connectivity index (χ4n) is 1.86. The van der Waals surface area contributed by atoms with Gasteiger partial charge in [-0.25, -0.2) is 0 Å². The SMILES string of the molecule is CN=C(/C(N)=C\N)N1CCCC(N)CC1. The second-order valence-corrected chi connectivity index (χ2v) is 3.85. The van der Waals surface area contributed by atoms with E-state index in [2.05, 4.69) is 9.89 Å². The molecule has 6 N–H and O–H groups in total. The van der Waals surface area contributed by atoms with Crippen LogP contribution >= 0.6 is 0 Å². The lowest BCUT2D eigenvalue weighted by atomic mass is 10.1. The predicted molar refractivity (Wildman–Crippen MR) is 63.2 cm³/mol. The molecular weight excluding hydrogens is 190 g/mol. The van der Waals surface area contributed by atoms with Crippen molar-refractivity contribution in [3.05, 3.63) is 11.9 Å². The van der Waals surface area contributed by atoms with Gasteiger partial charge in [0.2, 0.25) is 0 Å². The summed E-state index contributed by atoms with van der Waals surface area (Å²) >= 11 is 0. The average molecular weight is 211 g/mol. The molecule has 0 spiro atoms. The molecule has 1 aliphatic rings. The van der Waals surface area contributed by atoms with Gasteiger partial charge in [0.15, 0.2) is 0 Å². The molecule has 1 unspecified atom stereocenters. The maximum atomic E-state index is 5.91. The predicted octanol–water partition coefficient (Wildman–Crippen LogP) is -0.413. The number of aliphatic imine (C=N–C) groups is 1. The molecule has 0 aromatic rings. The first kappa shape index (κ1) is 11.8. The lowest BCUT2D eigenvalue weighted by Gasteiger charge is -2.24. The second kappa shape index (κ2) is 5.60. The Labute approximate surface area is 91.0 Å². The molecule has 15 heavy (non-hydrogen) atoms. The highest BCUT2D eigenvalue weighted by Gasteiger charge is 2.17. The monoisotopic (exact) mass is 211 g/mol. The van der Waals surface area contributed by atoms with Gasteiger partial charge in [-0.3, -0.25) is 4.99 Å². The first-order valence-corrected chi connectivity index (χ1v) is 5.34. The minimum atomic E-state index is 0.302. The standard InChI is InChI=1S/C10H21N5/c1-14-10(9(13)7-11)15-5-2-3-8(12)4-6-15/h7-8H,2-6,11-13H2,1H3/b9-7+,14-10?. The van der Waals surface area contributed by atoms with Crippen molar-refractivity contribution in [3.8, 4) is 0 Å². The van der Waals surface area contributed by atoms with Gasteiger partial charge >= 0.3 is 0 Å². The molecular formula is C10H21N5. The van der Waals surface area contributed by atoms with Crippen LogP contribution in [0.15, 0.2) is 16.9 Å². The fourth-order valence-corrected chi connectivity index (χ4v) is 1.86. The molecule has 1 aliphatic heterocycles. The summed E-state index contributed by atoms with van der Waals surface area (Å²) in [6, 6.07) is 0.302. The van der Waals surface area contributed by atoms with E-state index < -0.39 is 0 Å². The lowest BCUT2D eigenvalue weighted by molar-refractivity contribution is 0.431. The highest BCUT2D eigenvalue weighted by atomic mass is 15.2. The zero-order valence-electron chi connectivity index (χ0n) is 9.32. The Bertz CT molecular complexity index is 259. The Morgan fingerprint density at radius 1 is 1.40 bits per heavy atom. The van der Waals surface area contributed by atoms with E-state index in [1.807, 2.05) is 0 Å². The summed E-state index contributed by atoms with van der Waals surface area (Å²) in [7, 11) is 1.73. The van der Waals surface area contributed by atoms with Gasteiger partial charge in [0, 0.05) is 32.4 Å². The van der Waals surface area contributed by atoms with E-state index in [1.165, 1.54) is 6.20 Å². The third-order valence-electron chi connectivity index (χ3n) is 2.72. The summed E-state index contributed by atoms with van der Waals surface area (Å²) < 4.78 is 0. The zero-order valence-corrected chi connectivity index (χ0v) is 9.32. The highest BCUT2D eigenvalue weighted by Crippen LogP contribution is 2.11. The molecule has 0 saturated carbocycles. The topological polar surface area (TPSA) is 93.7 Å². The molecule has 5 heteroatoms. The summed E-state index contributed by atoms with van der Waals surface area (Å²) in [6.07, 6.45) is 4.53. The zero-order chi connectivity index (χ0) is 11.3. The lowest BCUT2D eigenvalue weighted by Crippen LogP contribution is -2.36. The first-order chi connectivity index (χ1) is 7.19. The molecule has 1 rings (SSSR count). The van der Waals surface area contributed by atoms with Crippen LogP contribution in [-0.4, -0.2) is 36.9 Å². The Morgan fingerprint density at radius 2 is 2.13 bits per heavy atom. The number of hydrogen-bond acceptors (Lipinski definition) is 4. The van der Waals surface area contributed by atoms with Crippen LogP contribution in [0.4, 0.5) is 0 Å². The van der Waals surface area contributed by atoms with Gasteiger partial charge in [0.1, 0.15) is 5.84 Å². The summed E-state index contributed by atoms with van der Waals surface area (Å²) in [5.74, 6) is 0.784. The molecule has 0 amide bonds. The molecule has 1 heterocycles. The summed E-state index contributed by atoms with van der Waals surface area (Å²) in [5, 5.41) is 0. The molecule has 5 nitrogen and oxygen atoms in total. The van der Waals surface area contributed by atoms with E-state index in [9.17, 15) is 0 Å². The van der Waals surface area contributed by atoms with Gasteiger partial charge in [-0.15, -0.1) is 0 Å². The molecule has 0 aromatic carbocycles. The number of hydrogen-bond donors (Lipinski definition) is 3. The quantitative estimate of drug-likeness (QED) is 0.406. The van der Waals surface area contributed by atoms with E-state index in [1.54, 1.807) is 7.05 Å². The Morgan fingerprint density at radius 3 is 2.73 bits per heavy atom. The Kier molecular flexibility index (Phi) is 4.42. The number of nitrogens with two attached hydrogens (primary N) is 3. The van der Waals surface area contributed by atoms with Crippen molar-refractivity contribution in [3.63, 3.8) is 0 Å². The van der Waals surface area contributed by atoms with Crippen molar-refractivity contribution in [1.82, 2.24) is 4.90 Å². The van der Waals surface area contributed by atoms with E-state index in [0.717, 1.165) is 38.2 Å². The van der Waals surface area contributed by atoms with Crippen molar-refractivity contribution in [2.45, 2.75) is 25.3 Å². The molecule has 1 atom stereocenters. The fraction of sp³-hybridized carbons (Fsp3) is 0.700. The van der Waals surface area contributed by atoms with E-state index >= 15 is 0 Å². The third-order valence-corrected chi connectivity index (χ3v) is 2.72. The molecule has 0 aliphatic carbocycles. The molecule has 86 valence electrons. The van der Waals surface area contributed by atoms with Crippen LogP contribution < -0.4 is 17.2 Å². The van der Waals surface area contributed by atoms with Crippen molar-refractivity contribution in [1.29, 1.82) is 0 Å². The number of rotatable bonds is 1. The molecule has 0 aromatic heterocycles. The Hall–Kier alpha value is -1.23. The third kappa shape index (κ3) is 3.13. The van der Waals surface area contributed by atoms with Gasteiger partial charge in [0.25, 0.3) is 0 Å². The summed E-state index contributed by atoms with van der Waals surface area (Å²) in [5.41, 5.74) is 17.6. The maximum Gasteiger partial charge on any atom is 0.148 e. The van der Waals surface area contributed by atoms with Crippen LogP contribution in [-0.2, 0) is 0 Å². The second-order valence-electron chi connectivity index (χ2n) is 3.85. The van der Waals surface area contributed by atoms with Gasteiger partial charge in [-0.1, -0.05) is 0 Å². The minimum absolute atomic E-state index is 0.302. The van der Waals surface area contributed by atoms with Crippen LogP contribution in [0.1, 0.15) is 19.3 Å². The van der Waals surface area contributed by atoms with Gasteiger partial charge in [-0.2, -0.15) is 0 Å². The van der Waals surface area contributed by atoms with Crippen LogP contribution in [0.2, 0.25) is 0 Å². The average Bonchev–Trinajstić information content (AvgIpc) is 2.45.